The van der Waals surface area contributed by atoms with Crippen LogP contribution in [0.2, 0.25) is 0 Å². The molecule has 4 amide bonds. The standard InChI is InChI=1S/C12H22N4O4/c1-8-6-16(7-9(8)10(17)18)12(20)14-5-4-13-11(19)15(2)3/h8-9H,4-7H2,1-3H3,(H,13,19)(H,14,20)(H,17,18). The van der Waals surface area contributed by atoms with Crippen LogP contribution in [-0.4, -0.2) is 73.2 Å². The number of hydrogen-bond donors (Lipinski definition) is 3. The van der Waals surface area contributed by atoms with Crippen LogP contribution in [0.25, 0.3) is 0 Å². The molecule has 1 rings (SSSR count). The second kappa shape index (κ2) is 6.97. The number of carbonyl (C=O) groups is 3. The first kappa shape index (κ1) is 16.1. The number of urea groups is 2. The van der Waals surface area contributed by atoms with E-state index >= 15 is 0 Å². The summed E-state index contributed by atoms with van der Waals surface area (Å²) < 4.78 is 0. The van der Waals surface area contributed by atoms with Crippen molar-refractivity contribution in [2.45, 2.75) is 6.92 Å². The van der Waals surface area contributed by atoms with Crippen molar-refractivity contribution in [3.63, 3.8) is 0 Å². The van der Waals surface area contributed by atoms with Crippen molar-refractivity contribution in [1.82, 2.24) is 20.4 Å². The van der Waals surface area contributed by atoms with Gasteiger partial charge in [0.25, 0.3) is 0 Å². The second-order valence-corrected chi connectivity index (χ2v) is 5.19. The molecule has 20 heavy (non-hydrogen) atoms. The van der Waals surface area contributed by atoms with Crippen LogP contribution in [0, 0.1) is 11.8 Å². The highest BCUT2D eigenvalue weighted by Crippen LogP contribution is 2.22. The first-order valence-corrected chi connectivity index (χ1v) is 6.53. The molecule has 114 valence electrons. The molecule has 0 aromatic rings. The fraction of sp³-hybridized carbons (Fsp3) is 0.750. The van der Waals surface area contributed by atoms with Crippen LogP contribution in [0.4, 0.5) is 9.59 Å². The maximum atomic E-state index is 11.8. The van der Waals surface area contributed by atoms with Crippen molar-refractivity contribution in [3.8, 4) is 0 Å². The summed E-state index contributed by atoms with van der Waals surface area (Å²) in [5.41, 5.74) is 0. The molecule has 1 fully saturated rings. The van der Waals surface area contributed by atoms with Crippen LogP contribution < -0.4 is 10.6 Å². The highest BCUT2D eigenvalue weighted by atomic mass is 16.4. The summed E-state index contributed by atoms with van der Waals surface area (Å²) in [6, 6.07) is -0.514. The average Bonchev–Trinajstić information content (AvgIpc) is 2.76. The fourth-order valence-electron chi connectivity index (χ4n) is 2.06. The monoisotopic (exact) mass is 286 g/mol. The molecule has 1 saturated heterocycles. The Balaban J connectivity index is 2.27. The molecule has 2 atom stereocenters. The van der Waals surface area contributed by atoms with E-state index in [1.807, 2.05) is 6.92 Å². The minimum atomic E-state index is -0.869. The van der Waals surface area contributed by atoms with Gasteiger partial charge in [0.2, 0.25) is 0 Å². The topological polar surface area (TPSA) is 102 Å². The van der Waals surface area contributed by atoms with Crippen LogP contribution in [0.15, 0.2) is 0 Å². The van der Waals surface area contributed by atoms with Gasteiger partial charge in [-0.15, -0.1) is 0 Å². The van der Waals surface area contributed by atoms with E-state index in [9.17, 15) is 14.4 Å². The Morgan fingerprint density at radius 2 is 1.80 bits per heavy atom. The molecular weight excluding hydrogens is 264 g/mol. The number of aliphatic carboxylic acids is 1. The molecule has 0 aliphatic carbocycles. The molecule has 0 bridgehead atoms. The van der Waals surface area contributed by atoms with Crippen LogP contribution in [0.3, 0.4) is 0 Å². The molecule has 0 spiro atoms. The lowest BCUT2D eigenvalue weighted by Gasteiger charge is -2.17. The van der Waals surface area contributed by atoms with Gasteiger partial charge in [-0.1, -0.05) is 6.92 Å². The zero-order chi connectivity index (χ0) is 15.3. The van der Waals surface area contributed by atoms with Crippen molar-refractivity contribution in [2.75, 3.05) is 40.3 Å². The van der Waals surface area contributed by atoms with Gasteiger partial charge in [-0.2, -0.15) is 0 Å². The Hall–Kier alpha value is -1.99. The van der Waals surface area contributed by atoms with Crippen molar-refractivity contribution in [2.24, 2.45) is 11.8 Å². The zero-order valence-corrected chi connectivity index (χ0v) is 12.0. The normalized spacial score (nSPS) is 21.4. The van der Waals surface area contributed by atoms with Crippen molar-refractivity contribution < 1.29 is 19.5 Å². The maximum absolute atomic E-state index is 11.8. The third-order valence-corrected chi connectivity index (χ3v) is 3.30. The molecule has 3 N–H and O–H groups in total. The lowest BCUT2D eigenvalue weighted by Crippen LogP contribution is -2.43. The second-order valence-electron chi connectivity index (χ2n) is 5.19. The van der Waals surface area contributed by atoms with E-state index in [-0.39, 0.29) is 24.5 Å². The molecule has 0 aromatic heterocycles. The highest BCUT2D eigenvalue weighted by Gasteiger charge is 2.36. The number of carboxylic acids is 1. The summed E-state index contributed by atoms with van der Waals surface area (Å²) in [5.74, 6) is -1.42. The minimum absolute atomic E-state index is 0.0494. The Kier molecular flexibility index (Phi) is 5.60. The third-order valence-electron chi connectivity index (χ3n) is 3.30. The number of hydrogen-bond acceptors (Lipinski definition) is 3. The Morgan fingerprint density at radius 1 is 1.20 bits per heavy atom. The van der Waals surface area contributed by atoms with E-state index in [1.54, 1.807) is 14.1 Å². The van der Waals surface area contributed by atoms with Crippen molar-refractivity contribution >= 4 is 18.0 Å². The first-order valence-electron chi connectivity index (χ1n) is 6.53. The van der Waals surface area contributed by atoms with E-state index in [0.29, 0.717) is 19.6 Å². The fourth-order valence-corrected chi connectivity index (χ4v) is 2.06. The molecule has 2 unspecified atom stereocenters. The van der Waals surface area contributed by atoms with Gasteiger partial charge < -0.3 is 25.5 Å². The number of nitrogens with zero attached hydrogens (tertiary/aromatic N) is 2. The molecule has 0 radical (unpaired) electrons. The lowest BCUT2D eigenvalue weighted by molar-refractivity contribution is -0.142. The Bertz CT molecular complexity index is 386. The number of nitrogens with one attached hydrogen (secondary N) is 2. The van der Waals surface area contributed by atoms with Crippen LogP contribution in [0.5, 0.6) is 0 Å². The van der Waals surface area contributed by atoms with Gasteiger partial charge in [0.05, 0.1) is 5.92 Å². The predicted octanol–water partition coefficient (Wildman–Crippen LogP) is -0.380. The summed E-state index contributed by atoms with van der Waals surface area (Å²) in [5, 5.41) is 14.3. The average molecular weight is 286 g/mol. The van der Waals surface area contributed by atoms with Gasteiger partial charge in [-0.05, 0) is 5.92 Å². The van der Waals surface area contributed by atoms with Gasteiger partial charge in [-0.25, -0.2) is 9.59 Å². The van der Waals surface area contributed by atoms with Gasteiger partial charge in [0.1, 0.15) is 0 Å². The smallest absolute Gasteiger partial charge is 0.317 e. The summed E-state index contributed by atoms with van der Waals surface area (Å²) in [6.07, 6.45) is 0. The number of carbonyl (C=O) groups excluding carboxylic acids is 2. The lowest BCUT2D eigenvalue weighted by atomic mass is 9.99. The maximum Gasteiger partial charge on any atom is 0.317 e. The quantitative estimate of drug-likeness (QED) is 0.613. The van der Waals surface area contributed by atoms with Crippen LogP contribution in [-0.2, 0) is 4.79 Å². The summed E-state index contributed by atoms with van der Waals surface area (Å²) in [7, 11) is 3.26. The van der Waals surface area contributed by atoms with Crippen molar-refractivity contribution in [1.29, 1.82) is 0 Å². The number of rotatable bonds is 4. The van der Waals surface area contributed by atoms with Gasteiger partial charge >= 0.3 is 18.0 Å². The van der Waals surface area contributed by atoms with E-state index in [2.05, 4.69) is 10.6 Å². The third kappa shape index (κ3) is 4.29. The first-order chi connectivity index (χ1) is 9.32. The summed E-state index contributed by atoms with van der Waals surface area (Å²) in [4.78, 5) is 36.9. The number of likely N-dealkylation sites (tertiary alicyclic amines) is 1. The zero-order valence-electron chi connectivity index (χ0n) is 12.0. The van der Waals surface area contributed by atoms with Crippen molar-refractivity contribution in [3.05, 3.63) is 0 Å². The van der Waals surface area contributed by atoms with E-state index in [1.165, 1.54) is 9.80 Å². The minimum Gasteiger partial charge on any atom is -0.481 e. The van der Waals surface area contributed by atoms with Gasteiger partial charge in [0, 0.05) is 40.3 Å². The highest BCUT2D eigenvalue weighted by molar-refractivity contribution is 5.77. The molecule has 1 aliphatic rings. The Morgan fingerprint density at radius 3 is 2.30 bits per heavy atom. The van der Waals surface area contributed by atoms with Crippen LogP contribution >= 0.6 is 0 Å². The molecule has 0 saturated carbocycles. The van der Waals surface area contributed by atoms with Crippen LogP contribution in [0.1, 0.15) is 6.92 Å². The molecule has 8 heteroatoms. The molecule has 0 aromatic carbocycles. The summed E-state index contributed by atoms with van der Waals surface area (Å²) in [6.45, 7) is 3.12. The summed E-state index contributed by atoms with van der Waals surface area (Å²) >= 11 is 0. The predicted molar refractivity (Wildman–Crippen MR) is 72.3 cm³/mol. The molecule has 1 aliphatic heterocycles. The molecule has 8 nitrogen and oxygen atoms in total. The van der Waals surface area contributed by atoms with E-state index in [0.717, 1.165) is 0 Å². The largest absolute Gasteiger partial charge is 0.481 e. The molecule has 1 heterocycles. The number of amides is 4. The van der Waals surface area contributed by atoms with E-state index < -0.39 is 11.9 Å². The molecular formula is C12H22N4O4. The number of carboxylic acid groups (broad SMARTS) is 1. The Labute approximate surface area is 118 Å². The van der Waals surface area contributed by atoms with Gasteiger partial charge in [0.15, 0.2) is 0 Å². The van der Waals surface area contributed by atoms with E-state index in [4.69, 9.17) is 5.11 Å². The van der Waals surface area contributed by atoms with Gasteiger partial charge in [-0.3, -0.25) is 4.79 Å². The SMILES string of the molecule is CC1CN(C(=O)NCCNC(=O)N(C)C)CC1C(=O)O.